The van der Waals surface area contributed by atoms with E-state index in [2.05, 4.69) is 41.4 Å². The van der Waals surface area contributed by atoms with Crippen molar-refractivity contribution in [3.05, 3.63) is 59.7 Å². The van der Waals surface area contributed by atoms with Crippen LogP contribution in [0.25, 0.3) is 0 Å². The van der Waals surface area contributed by atoms with Gasteiger partial charge in [-0.05, 0) is 29.7 Å². The Kier molecular flexibility index (Phi) is 7.90. The predicted octanol–water partition coefficient (Wildman–Crippen LogP) is 2.83. The summed E-state index contributed by atoms with van der Waals surface area (Å²) in [5.41, 5.74) is 2.51. The highest BCUT2D eigenvalue weighted by atomic mass is 16.5. The van der Waals surface area contributed by atoms with Crippen molar-refractivity contribution in [2.75, 3.05) is 46.6 Å². The summed E-state index contributed by atoms with van der Waals surface area (Å²) in [6.45, 7) is 5.77. The van der Waals surface area contributed by atoms with E-state index in [-0.39, 0.29) is 18.6 Å². The Morgan fingerprint density at radius 3 is 2.45 bits per heavy atom. The molecule has 0 spiro atoms. The number of benzene rings is 2. The third kappa shape index (κ3) is 5.95. The zero-order valence-electron chi connectivity index (χ0n) is 17.2. The average Bonchev–Trinajstić information content (AvgIpc) is 2.79. The number of hydrogen-bond acceptors (Lipinski definition) is 5. The van der Waals surface area contributed by atoms with Crippen molar-refractivity contribution in [2.45, 2.75) is 19.4 Å². The maximum Gasteiger partial charge on any atom is 0.258 e. The van der Waals surface area contributed by atoms with Crippen LogP contribution < -0.4 is 14.8 Å². The van der Waals surface area contributed by atoms with Gasteiger partial charge in [0, 0.05) is 19.6 Å². The van der Waals surface area contributed by atoms with Gasteiger partial charge in [-0.3, -0.25) is 9.69 Å². The SMILES string of the molecule is CCc1ccc(C(CNC(=O)COc2ccccc2OC)N2CCOCC2)cc1. The molecule has 6 nitrogen and oxygen atoms in total. The fraction of sp³-hybridized carbons (Fsp3) is 0.435. The summed E-state index contributed by atoms with van der Waals surface area (Å²) in [4.78, 5) is 14.8. The number of carbonyl (C=O) groups is 1. The molecule has 0 bridgehead atoms. The van der Waals surface area contributed by atoms with Gasteiger partial charge in [-0.25, -0.2) is 0 Å². The lowest BCUT2D eigenvalue weighted by atomic mass is 10.0. The van der Waals surface area contributed by atoms with Crippen LogP contribution in [0.3, 0.4) is 0 Å². The largest absolute Gasteiger partial charge is 0.493 e. The molecular weight excluding hydrogens is 368 g/mol. The molecule has 1 unspecified atom stereocenters. The van der Waals surface area contributed by atoms with Gasteiger partial charge in [0.15, 0.2) is 18.1 Å². The third-order valence-corrected chi connectivity index (χ3v) is 5.18. The number of amides is 1. The summed E-state index contributed by atoms with van der Waals surface area (Å²) in [5.74, 6) is 1.02. The van der Waals surface area contributed by atoms with E-state index in [1.807, 2.05) is 18.2 Å². The minimum atomic E-state index is -0.153. The molecule has 0 aromatic heterocycles. The number of methoxy groups -OCH3 is 1. The van der Waals surface area contributed by atoms with Gasteiger partial charge in [0.2, 0.25) is 0 Å². The molecule has 2 aromatic carbocycles. The minimum Gasteiger partial charge on any atom is -0.493 e. The maximum absolute atomic E-state index is 12.4. The Hall–Kier alpha value is -2.57. The van der Waals surface area contributed by atoms with Gasteiger partial charge in [0.1, 0.15) is 0 Å². The third-order valence-electron chi connectivity index (χ3n) is 5.18. The topological polar surface area (TPSA) is 60.0 Å². The van der Waals surface area contributed by atoms with Crippen LogP contribution in [0.1, 0.15) is 24.1 Å². The number of carbonyl (C=O) groups excluding carboxylic acids is 1. The first-order chi connectivity index (χ1) is 14.2. The van der Waals surface area contributed by atoms with Crippen LogP contribution in [0, 0.1) is 0 Å². The highest BCUT2D eigenvalue weighted by Crippen LogP contribution is 2.25. The number of nitrogens with one attached hydrogen (secondary N) is 1. The fourth-order valence-corrected chi connectivity index (χ4v) is 3.47. The lowest BCUT2D eigenvalue weighted by Gasteiger charge is -2.35. The molecule has 156 valence electrons. The molecule has 2 aromatic rings. The van der Waals surface area contributed by atoms with Crippen LogP contribution in [0.4, 0.5) is 0 Å². The molecular formula is C23H30N2O4. The maximum atomic E-state index is 12.4. The van der Waals surface area contributed by atoms with Crippen LogP contribution in [-0.4, -0.2) is 57.4 Å². The Morgan fingerprint density at radius 1 is 1.10 bits per heavy atom. The second-order valence-electron chi connectivity index (χ2n) is 7.00. The first-order valence-electron chi connectivity index (χ1n) is 10.1. The standard InChI is InChI=1S/C23H30N2O4/c1-3-18-8-10-19(11-9-18)20(25-12-14-28-15-13-25)16-24-23(26)17-29-22-7-5-4-6-21(22)27-2/h4-11,20H,3,12-17H2,1-2H3,(H,24,26). The zero-order chi connectivity index (χ0) is 20.5. The molecule has 3 rings (SSSR count). The molecule has 29 heavy (non-hydrogen) atoms. The van der Waals surface area contributed by atoms with E-state index >= 15 is 0 Å². The molecule has 1 amide bonds. The van der Waals surface area contributed by atoms with Gasteiger partial charge in [0.25, 0.3) is 5.91 Å². The molecule has 1 fully saturated rings. The second-order valence-corrected chi connectivity index (χ2v) is 7.00. The molecule has 1 N–H and O–H groups in total. The van der Waals surface area contributed by atoms with Crippen molar-refractivity contribution in [2.24, 2.45) is 0 Å². The number of nitrogens with zero attached hydrogens (tertiary/aromatic N) is 1. The first-order valence-corrected chi connectivity index (χ1v) is 10.1. The van der Waals surface area contributed by atoms with Gasteiger partial charge in [0.05, 0.1) is 26.4 Å². The van der Waals surface area contributed by atoms with Gasteiger partial charge < -0.3 is 19.5 Å². The molecule has 0 saturated carbocycles. The summed E-state index contributed by atoms with van der Waals surface area (Å²) in [7, 11) is 1.58. The van der Waals surface area contributed by atoms with Crippen molar-refractivity contribution in [3.8, 4) is 11.5 Å². The van der Waals surface area contributed by atoms with Crippen molar-refractivity contribution < 1.29 is 19.0 Å². The molecule has 1 aliphatic rings. The number of para-hydroxylation sites is 2. The molecule has 0 radical (unpaired) electrons. The fourth-order valence-electron chi connectivity index (χ4n) is 3.47. The summed E-state index contributed by atoms with van der Waals surface area (Å²) in [6, 6.07) is 16.1. The number of hydrogen-bond donors (Lipinski definition) is 1. The van der Waals surface area contributed by atoms with Crippen molar-refractivity contribution in [1.82, 2.24) is 10.2 Å². The number of ether oxygens (including phenoxy) is 3. The second kappa shape index (κ2) is 10.8. The smallest absolute Gasteiger partial charge is 0.258 e. The molecule has 0 aliphatic carbocycles. The number of rotatable bonds is 9. The van der Waals surface area contributed by atoms with Gasteiger partial charge in [-0.2, -0.15) is 0 Å². The lowest BCUT2D eigenvalue weighted by Crippen LogP contribution is -2.44. The Morgan fingerprint density at radius 2 is 1.79 bits per heavy atom. The lowest BCUT2D eigenvalue weighted by molar-refractivity contribution is -0.123. The normalized spacial score (nSPS) is 15.5. The van der Waals surface area contributed by atoms with Crippen LogP contribution in [0.15, 0.2) is 48.5 Å². The average molecular weight is 399 g/mol. The monoisotopic (exact) mass is 398 g/mol. The molecule has 1 atom stereocenters. The van der Waals surface area contributed by atoms with Crippen LogP contribution >= 0.6 is 0 Å². The Balaban J connectivity index is 1.60. The van der Waals surface area contributed by atoms with Gasteiger partial charge >= 0.3 is 0 Å². The molecule has 1 heterocycles. The quantitative estimate of drug-likeness (QED) is 0.704. The Bertz CT molecular complexity index is 773. The summed E-state index contributed by atoms with van der Waals surface area (Å²) < 4.78 is 16.4. The van der Waals surface area contributed by atoms with Crippen molar-refractivity contribution >= 4 is 5.91 Å². The molecule has 1 aliphatic heterocycles. The van der Waals surface area contributed by atoms with Crippen LogP contribution in [-0.2, 0) is 16.0 Å². The van der Waals surface area contributed by atoms with E-state index in [0.29, 0.717) is 31.3 Å². The molecule has 1 saturated heterocycles. The van der Waals surface area contributed by atoms with Crippen molar-refractivity contribution in [3.63, 3.8) is 0 Å². The van der Waals surface area contributed by atoms with E-state index in [9.17, 15) is 4.79 Å². The van der Waals surface area contributed by atoms with Gasteiger partial charge in [-0.1, -0.05) is 43.3 Å². The highest BCUT2D eigenvalue weighted by Gasteiger charge is 2.23. The minimum absolute atomic E-state index is 0.0506. The Labute approximate surface area is 172 Å². The number of aryl methyl sites for hydroxylation is 1. The van der Waals surface area contributed by atoms with Gasteiger partial charge in [-0.15, -0.1) is 0 Å². The van der Waals surface area contributed by atoms with E-state index in [0.717, 1.165) is 19.5 Å². The van der Waals surface area contributed by atoms with E-state index < -0.39 is 0 Å². The van der Waals surface area contributed by atoms with E-state index in [4.69, 9.17) is 14.2 Å². The van der Waals surface area contributed by atoms with Crippen molar-refractivity contribution in [1.29, 1.82) is 0 Å². The molecule has 6 heteroatoms. The predicted molar refractivity (Wildman–Crippen MR) is 112 cm³/mol. The number of morpholine rings is 1. The summed E-state index contributed by atoms with van der Waals surface area (Å²) in [6.07, 6.45) is 1.01. The summed E-state index contributed by atoms with van der Waals surface area (Å²) >= 11 is 0. The van der Waals surface area contributed by atoms with Crippen LogP contribution in [0.2, 0.25) is 0 Å². The first kappa shape index (κ1) is 21.1. The summed E-state index contributed by atoms with van der Waals surface area (Å²) in [5, 5.41) is 3.03. The highest BCUT2D eigenvalue weighted by molar-refractivity contribution is 5.77. The zero-order valence-corrected chi connectivity index (χ0v) is 17.2. The van der Waals surface area contributed by atoms with E-state index in [1.165, 1.54) is 11.1 Å². The van der Waals surface area contributed by atoms with E-state index in [1.54, 1.807) is 13.2 Å². The van der Waals surface area contributed by atoms with Crippen LogP contribution in [0.5, 0.6) is 11.5 Å².